The van der Waals surface area contributed by atoms with Gasteiger partial charge >= 0.3 is 6.09 Å². The van der Waals surface area contributed by atoms with Crippen LogP contribution in [0.15, 0.2) is 84.9 Å². The van der Waals surface area contributed by atoms with Gasteiger partial charge in [-0.2, -0.15) is 0 Å². The van der Waals surface area contributed by atoms with Gasteiger partial charge < -0.3 is 9.47 Å². The van der Waals surface area contributed by atoms with Crippen LogP contribution in [0.4, 0.5) is 10.5 Å². The molecule has 0 saturated carbocycles. The Labute approximate surface area is 200 Å². The van der Waals surface area contributed by atoms with E-state index in [0.717, 1.165) is 11.1 Å². The minimum atomic E-state index is -0.756. The molecule has 0 bridgehead atoms. The van der Waals surface area contributed by atoms with E-state index in [4.69, 9.17) is 9.47 Å². The van der Waals surface area contributed by atoms with Gasteiger partial charge in [-0.05, 0) is 56.2 Å². The number of hydrogen-bond donors (Lipinski definition) is 0. The summed E-state index contributed by atoms with van der Waals surface area (Å²) in [5.74, 6) is 0.00210. The molecule has 7 nitrogen and oxygen atoms in total. The number of anilines is 1. The summed E-state index contributed by atoms with van der Waals surface area (Å²) in [6, 6.07) is 24.9. The molecule has 178 valence electrons. The number of carbonyl (C=O) groups excluding carboxylic acids is 1. The molecule has 3 aromatic rings. The number of ether oxygens (including phenoxy) is 2. The molecule has 0 unspecified atom stereocenters. The predicted octanol–water partition coefficient (Wildman–Crippen LogP) is 6.24. The summed E-state index contributed by atoms with van der Waals surface area (Å²) < 4.78 is 11.1. The first kappa shape index (κ1) is 24.8. The lowest BCUT2D eigenvalue weighted by atomic mass is 9.85. The van der Waals surface area contributed by atoms with Crippen LogP contribution in [0.25, 0.3) is 0 Å². The summed E-state index contributed by atoms with van der Waals surface area (Å²) in [5, 5.41) is 11.8. The summed E-state index contributed by atoms with van der Waals surface area (Å²) in [7, 11) is 1.57. The summed E-state index contributed by atoms with van der Waals surface area (Å²) in [4.78, 5) is 26.6. The number of carbonyl (C=O) groups is 1. The van der Waals surface area contributed by atoms with Gasteiger partial charge in [0.2, 0.25) is 6.54 Å². The number of nitro groups is 1. The van der Waals surface area contributed by atoms with Gasteiger partial charge in [0, 0.05) is 10.6 Å². The molecule has 0 aliphatic heterocycles. The monoisotopic (exact) mass is 462 g/mol. The van der Waals surface area contributed by atoms with Crippen molar-refractivity contribution < 1.29 is 19.2 Å². The fourth-order valence-corrected chi connectivity index (χ4v) is 3.89. The summed E-state index contributed by atoms with van der Waals surface area (Å²) in [6.07, 6.45) is -0.587. The van der Waals surface area contributed by atoms with Gasteiger partial charge in [-0.3, -0.25) is 15.0 Å². The van der Waals surface area contributed by atoms with Gasteiger partial charge in [-0.15, -0.1) is 0 Å². The molecule has 0 heterocycles. The van der Waals surface area contributed by atoms with Crippen LogP contribution in [0.3, 0.4) is 0 Å². The highest BCUT2D eigenvalue weighted by Crippen LogP contribution is 2.40. The molecule has 0 aliphatic rings. The molecule has 1 amide bonds. The largest absolute Gasteiger partial charge is 0.497 e. The normalized spacial score (nSPS) is 12.9. The van der Waals surface area contributed by atoms with E-state index < -0.39 is 23.7 Å². The molecule has 0 N–H and O–H groups in total. The number of benzene rings is 3. The average molecular weight is 463 g/mol. The zero-order chi connectivity index (χ0) is 24.7. The van der Waals surface area contributed by atoms with Crippen LogP contribution in [0, 0.1) is 10.1 Å². The SMILES string of the molecule is COc1ccc(N(C(=O)OC(C)(C)C)[C@@H](c2ccccc2)[C@@H](C[N+](=O)[O-])c2ccccc2)cc1. The summed E-state index contributed by atoms with van der Waals surface area (Å²) in [6.45, 7) is 5.01. The Morgan fingerprint density at radius 3 is 1.91 bits per heavy atom. The highest BCUT2D eigenvalue weighted by atomic mass is 16.6. The van der Waals surface area contributed by atoms with Crippen molar-refractivity contribution in [3.63, 3.8) is 0 Å². The molecule has 34 heavy (non-hydrogen) atoms. The molecule has 3 rings (SSSR count). The molecular weight excluding hydrogens is 432 g/mol. The molecular formula is C27H30N2O5. The molecule has 0 aromatic heterocycles. The van der Waals surface area contributed by atoms with Crippen molar-refractivity contribution in [3.8, 4) is 5.75 Å². The van der Waals surface area contributed by atoms with Crippen molar-refractivity contribution in [1.82, 2.24) is 0 Å². The van der Waals surface area contributed by atoms with E-state index in [1.54, 1.807) is 52.1 Å². The molecule has 3 aromatic carbocycles. The van der Waals surface area contributed by atoms with Crippen molar-refractivity contribution in [2.45, 2.75) is 38.3 Å². The van der Waals surface area contributed by atoms with Gasteiger partial charge in [0.1, 0.15) is 11.4 Å². The third-order valence-electron chi connectivity index (χ3n) is 5.31. The zero-order valence-electron chi connectivity index (χ0n) is 19.9. The molecule has 7 heteroatoms. The maximum absolute atomic E-state index is 13.7. The fraction of sp³-hybridized carbons (Fsp3) is 0.296. The molecule has 0 radical (unpaired) electrons. The maximum Gasteiger partial charge on any atom is 0.415 e. The van der Waals surface area contributed by atoms with E-state index in [1.165, 1.54) is 4.90 Å². The van der Waals surface area contributed by atoms with E-state index in [1.807, 2.05) is 60.7 Å². The highest BCUT2D eigenvalue weighted by Gasteiger charge is 2.39. The Morgan fingerprint density at radius 1 is 0.912 bits per heavy atom. The second-order valence-electron chi connectivity index (χ2n) is 8.94. The van der Waals surface area contributed by atoms with Crippen molar-refractivity contribution in [2.75, 3.05) is 18.6 Å². The Bertz CT molecular complexity index is 1080. The predicted molar refractivity (Wildman–Crippen MR) is 132 cm³/mol. The standard InChI is InChI=1S/C27H30N2O5/c1-27(2,3)34-26(30)29(22-15-17-23(33-4)18-16-22)25(21-13-9-6-10-14-21)24(19-28(31)32)20-11-7-5-8-12-20/h5-18,24-25H,19H2,1-4H3/t24-,25-/m0/s1. The first-order chi connectivity index (χ1) is 16.2. The number of amides is 1. The Morgan fingerprint density at radius 2 is 1.44 bits per heavy atom. The van der Waals surface area contributed by atoms with E-state index in [2.05, 4.69) is 0 Å². The van der Waals surface area contributed by atoms with E-state index in [0.29, 0.717) is 11.4 Å². The minimum Gasteiger partial charge on any atom is -0.497 e. The van der Waals surface area contributed by atoms with Crippen LogP contribution in [0.5, 0.6) is 5.75 Å². The zero-order valence-corrected chi connectivity index (χ0v) is 19.9. The van der Waals surface area contributed by atoms with Gasteiger partial charge in [0.25, 0.3) is 0 Å². The van der Waals surface area contributed by atoms with Crippen LogP contribution < -0.4 is 9.64 Å². The number of hydrogen-bond acceptors (Lipinski definition) is 5. The van der Waals surface area contributed by atoms with E-state index in [9.17, 15) is 14.9 Å². The van der Waals surface area contributed by atoms with E-state index >= 15 is 0 Å². The molecule has 0 saturated heterocycles. The van der Waals surface area contributed by atoms with Crippen LogP contribution >= 0.6 is 0 Å². The lowest BCUT2D eigenvalue weighted by molar-refractivity contribution is -0.484. The van der Waals surface area contributed by atoms with Crippen molar-refractivity contribution in [1.29, 1.82) is 0 Å². The average Bonchev–Trinajstić information content (AvgIpc) is 2.81. The van der Waals surface area contributed by atoms with Gasteiger partial charge in [0.05, 0.1) is 19.1 Å². The first-order valence-corrected chi connectivity index (χ1v) is 11.1. The quantitative estimate of drug-likeness (QED) is 0.292. The summed E-state index contributed by atoms with van der Waals surface area (Å²) >= 11 is 0. The topological polar surface area (TPSA) is 81.9 Å². The van der Waals surface area contributed by atoms with Crippen molar-refractivity contribution in [2.24, 2.45) is 0 Å². The molecule has 0 spiro atoms. The van der Waals surface area contributed by atoms with Crippen LogP contribution in [0.1, 0.15) is 43.9 Å². The number of nitrogens with zero attached hydrogens (tertiary/aromatic N) is 2. The Hall–Kier alpha value is -3.87. The van der Waals surface area contributed by atoms with Crippen LogP contribution in [0.2, 0.25) is 0 Å². The lowest BCUT2D eigenvalue weighted by Crippen LogP contribution is -2.43. The van der Waals surface area contributed by atoms with Crippen molar-refractivity contribution in [3.05, 3.63) is 106 Å². The number of rotatable bonds is 8. The lowest BCUT2D eigenvalue weighted by Gasteiger charge is -2.37. The van der Waals surface area contributed by atoms with Crippen LogP contribution in [-0.4, -0.2) is 30.3 Å². The van der Waals surface area contributed by atoms with Gasteiger partial charge in [0.15, 0.2) is 0 Å². The molecule has 0 aliphatic carbocycles. The second kappa shape index (κ2) is 10.8. The smallest absolute Gasteiger partial charge is 0.415 e. The highest BCUT2D eigenvalue weighted by molar-refractivity contribution is 5.89. The van der Waals surface area contributed by atoms with Gasteiger partial charge in [-0.25, -0.2) is 4.79 Å². The fourth-order valence-electron chi connectivity index (χ4n) is 3.89. The third kappa shape index (κ3) is 6.34. The third-order valence-corrected chi connectivity index (χ3v) is 5.31. The Balaban J connectivity index is 2.23. The number of methoxy groups -OCH3 is 1. The van der Waals surface area contributed by atoms with Crippen LogP contribution in [-0.2, 0) is 4.74 Å². The van der Waals surface area contributed by atoms with E-state index in [-0.39, 0.29) is 11.5 Å². The second-order valence-corrected chi connectivity index (χ2v) is 8.94. The van der Waals surface area contributed by atoms with Gasteiger partial charge in [-0.1, -0.05) is 60.7 Å². The Kier molecular flexibility index (Phi) is 7.89. The minimum absolute atomic E-state index is 0.338. The maximum atomic E-state index is 13.7. The first-order valence-electron chi connectivity index (χ1n) is 11.1. The van der Waals surface area contributed by atoms with Crippen molar-refractivity contribution >= 4 is 11.8 Å². The molecule has 2 atom stereocenters. The molecule has 0 fully saturated rings. The summed E-state index contributed by atoms with van der Waals surface area (Å²) in [5.41, 5.74) is 1.32.